The molecule has 0 aromatic carbocycles. The summed E-state index contributed by atoms with van der Waals surface area (Å²) in [5.41, 5.74) is 0.879. The van der Waals surface area contributed by atoms with Crippen LogP contribution in [0.3, 0.4) is 0 Å². The van der Waals surface area contributed by atoms with Crippen LogP contribution in [0.15, 0.2) is 23.1 Å². The number of rotatable bonds is 5. The molecule has 1 aliphatic heterocycles. The second-order valence-electron chi connectivity index (χ2n) is 4.29. The van der Waals surface area contributed by atoms with Crippen molar-refractivity contribution >= 4 is 15.9 Å². The minimum Gasteiger partial charge on any atom is -0.350 e. The van der Waals surface area contributed by atoms with E-state index >= 15 is 0 Å². The number of hydrogen-bond donors (Lipinski definition) is 0. The van der Waals surface area contributed by atoms with Crippen molar-refractivity contribution in [2.75, 3.05) is 13.2 Å². The van der Waals surface area contributed by atoms with Gasteiger partial charge in [-0.25, -0.2) is 0 Å². The van der Waals surface area contributed by atoms with E-state index in [0.29, 0.717) is 19.8 Å². The molecule has 1 aliphatic rings. The molecule has 3 rings (SSSR count). The fourth-order valence-corrected chi connectivity index (χ4v) is 2.25. The Hall–Kier alpha value is -1.25. The first kappa shape index (κ1) is 12.8. The molecule has 0 unspecified atom stereocenters. The minimum atomic E-state index is -0.102. The normalized spacial score (nSPS) is 16.3. The van der Waals surface area contributed by atoms with Gasteiger partial charge in [0.15, 0.2) is 6.29 Å². The number of hydrogen-bond acceptors (Lipinski definition) is 5. The van der Waals surface area contributed by atoms with Gasteiger partial charge in [0.1, 0.15) is 5.69 Å². The first-order chi connectivity index (χ1) is 9.29. The lowest BCUT2D eigenvalue weighted by atomic mass is 10.4. The quantitative estimate of drug-likeness (QED) is 0.821. The Morgan fingerprint density at radius 3 is 2.84 bits per heavy atom. The van der Waals surface area contributed by atoms with Crippen LogP contribution in [0.4, 0.5) is 0 Å². The summed E-state index contributed by atoms with van der Waals surface area (Å²) in [5, 5.41) is 12.4. The van der Waals surface area contributed by atoms with Crippen molar-refractivity contribution in [2.24, 2.45) is 0 Å². The number of aromatic nitrogens is 5. The molecule has 2 aromatic rings. The second-order valence-corrected chi connectivity index (χ2v) is 5.20. The Bertz CT molecular complexity index is 535. The highest BCUT2D eigenvalue weighted by molar-refractivity contribution is 9.10. The SMILES string of the molecule is Brc1cnn(Cc2cn(CCC3OCCO3)nn2)c1. The van der Waals surface area contributed by atoms with Crippen molar-refractivity contribution in [2.45, 2.75) is 25.8 Å². The summed E-state index contributed by atoms with van der Waals surface area (Å²) in [6.07, 6.45) is 6.26. The molecule has 19 heavy (non-hydrogen) atoms. The summed E-state index contributed by atoms with van der Waals surface area (Å²) < 4.78 is 15.3. The van der Waals surface area contributed by atoms with Crippen molar-refractivity contribution in [1.29, 1.82) is 0 Å². The van der Waals surface area contributed by atoms with Gasteiger partial charge < -0.3 is 9.47 Å². The fourth-order valence-electron chi connectivity index (χ4n) is 1.92. The molecule has 0 N–H and O–H groups in total. The topological polar surface area (TPSA) is 67.0 Å². The van der Waals surface area contributed by atoms with Gasteiger partial charge in [0, 0.05) is 19.2 Å². The molecule has 0 atom stereocenters. The van der Waals surface area contributed by atoms with Crippen LogP contribution in [0, 0.1) is 0 Å². The third-order valence-electron chi connectivity index (χ3n) is 2.80. The Morgan fingerprint density at radius 1 is 1.26 bits per heavy atom. The van der Waals surface area contributed by atoms with E-state index in [1.54, 1.807) is 10.9 Å². The maximum atomic E-state index is 5.38. The molecular weight excluding hydrogens is 314 g/mol. The van der Waals surface area contributed by atoms with E-state index < -0.39 is 0 Å². The van der Waals surface area contributed by atoms with Crippen LogP contribution in [-0.2, 0) is 22.6 Å². The Labute approximate surface area is 118 Å². The van der Waals surface area contributed by atoms with Crippen LogP contribution in [0.25, 0.3) is 0 Å². The zero-order valence-electron chi connectivity index (χ0n) is 10.3. The molecule has 0 bridgehead atoms. The molecule has 7 nitrogen and oxygen atoms in total. The maximum absolute atomic E-state index is 5.38. The van der Waals surface area contributed by atoms with E-state index in [9.17, 15) is 0 Å². The summed E-state index contributed by atoms with van der Waals surface area (Å²) in [5.74, 6) is 0. The van der Waals surface area contributed by atoms with Gasteiger partial charge in [-0.15, -0.1) is 5.10 Å². The third kappa shape index (κ3) is 3.40. The molecule has 0 radical (unpaired) electrons. The van der Waals surface area contributed by atoms with Crippen molar-refractivity contribution in [3.63, 3.8) is 0 Å². The standard InChI is InChI=1S/C11H14BrN5O2/c12-9-5-13-17(6-9)8-10-7-16(15-14-10)2-1-11-18-3-4-19-11/h5-7,11H,1-4,8H2. The van der Waals surface area contributed by atoms with E-state index in [1.807, 2.05) is 17.1 Å². The Morgan fingerprint density at radius 2 is 2.11 bits per heavy atom. The van der Waals surface area contributed by atoms with Gasteiger partial charge in [0.25, 0.3) is 0 Å². The number of nitrogens with zero attached hydrogens (tertiary/aromatic N) is 5. The first-order valence-electron chi connectivity index (χ1n) is 6.10. The Balaban J connectivity index is 1.53. The monoisotopic (exact) mass is 327 g/mol. The predicted octanol–water partition coefficient (Wildman–Crippen LogP) is 1.05. The van der Waals surface area contributed by atoms with Crippen molar-refractivity contribution in [3.05, 3.63) is 28.8 Å². The lowest BCUT2D eigenvalue weighted by Crippen LogP contribution is -2.12. The van der Waals surface area contributed by atoms with E-state index in [1.165, 1.54) is 0 Å². The second kappa shape index (κ2) is 5.81. The zero-order valence-corrected chi connectivity index (χ0v) is 11.9. The van der Waals surface area contributed by atoms with Gasteiger partial charge in [0.05, 0.1) is 36.6 Å². The van der Waals surface area contributed by atoms with Crippen LogP contribution in [-0.4, -0.2) is 44.3 Å². The largest absolute Gasteiger partial charge is 0.350 e. The summed E-state index contributed by atoms with van der Waals surface area (Å²) >= 11 is 3.36. The number of ether oxygens (including phenoxy) is 2. The average Bonchev–Trinajstić information content (AvgIpc) is 3.10. The molecule has 0 aliphatic carbocycles. The van der Waals surface area contributed by atoms with E-state index in [4.69, 9.17) is 9.47 Å². The lowest BCUT2D eigenvalue weighted by molar-refractivity contribution is -0.0496. The fraction of sp³-hybridized carbons (Fsp3) is 0.545. The summed E-state index contributed by atoms with van der Waals surface area (Å²) in [6, 6.07) is 0. The van der Waals surface area contributed by atoms with E-state index in [0.717, 1.165) is 23.1 Å². The van der Waals surface area contributed by atoms with Crippen molar-refractivity contribution in [3.8, 4) is 0 Å². The average molecular weight is 328 g/mol. The zero-order chi connectivity index (χ0) is 13.1. The summed E-state index contributed by atoms with van der Waals surface area (Å²) in [6.45, 7) is 2.71. The minimum absolute atomic E-state index is 0.102. The third-order valence-corrected chi connectivity index (χ3v) is 3.21. The van der Waals surface area contributed by atoms with Crippen LogP contribution >= 0.6 is 15.9 Å². The lowest BCUT2D eigenvalue weighted by Gasteiger charge is -2.07. The van der Waals surface area contributed by atoms with Crippen LogP contribution in [0.5, 0.6) is 0 Å². The van der Waals surface area contributed by atoms with Gasteiger partial charge in [-0.3, -0.25) is 9.36 Å². The smallest absolute Gasteiger partial charge is 0.159 e. The highest BCUT2D eigenvalue weighted by Gasteiger charge is 2.15. The summed E-state index contributed by atoms with van der Waals surface area (Å²) in [4.78, 5) is 0. The predicted molar refractivity (Wildman–Crippen MR) is 69.4 cm³/mol. The van der Waals surface area contributed by atoms with Gasteiger partial charge in [-0.1, -0.05) is 5.21 Å². The molecule has 0 saturated carbocycles. The van der Waals surface area contributed by atoms with Crippen LogP contribution in [0.1, 0.15) is 12.1 Å². The highest BCUT2D eigenvalue weighted by Crippen LogP contribution is 2.10. The Kier molecular flexibility index (Phi) is 3.90. The molecule has 0 amide bonds. The molecule has 1 saturated heterocycles. The molecule has 8 heteroatoms. The molecule has 0 spiro atoms. The van der Waals surface area contributed by atoms with Crippen LogP contribution < -0.4 is 0 Å². The van der Waals surface area contributed by atoms with Crippen molar-refractivity contribution in [1.82, 2.24) is 24.8 Å². The van der Waals surface area contributed by atoms with Gasteiger partial charge in [0.2, 0.25) is 0 Å². The molecule has 102 valence electrons. The number of halogens is 1. The first-order valence-corrected chi connectivity index (χ1v) is 6.89. The van der Waals surface area contributed by atoms with E-state index in [2.05, 4.69) is 31.3 Å². The van der Waals surface area contributed by atoms with Gasteiger partial charge in [-0.2, -0.15) is 5.10 Å². The highest BCUT2D eigenvalue weighted by atomic mass is 79.9. The van der Waals surface area contributed by atoms with Gasteiger partial charge >= 0.3 is 0 Å². The maximum Gasteiger partial charge on any atom is 0.159 e. The van der Waals surface area contributed by atoms with Crippen LogP contribution in [0.2, 0.25) is 0 Å². The molecule has 3 heterocycles. The summed E-state index contributed by atoms with van der Waals surface area (Å²) in [7, 11) is 0. The molecule has 1 fully saturated rings. The molecule has 2 aromatic heterocycles. The number of aryl methyl sites for hydroxylation is 1. The van der Waals surface area contributed by atoms with E-state index in [-0.39, 0.29) is 6.29 Å². The van der Waals surface area contributed by atoms with Gasteiger partial charge in [-0.05, 0) is 15.9 Å². The molecular formula is C11H14BrN5O2. The van der Waals surface area contributed by atoms with Crippen molar-refractivity contribution < 1.29 is 9.47 Å².